The van der Waals surface area contributed by atoms with Crippen LogP contribution in [0.1, 0.15) is 29.9 Å². The topological polar surface area (TPSA) is 124 Å². The van der Waals surface area contributed by atoms with Crippen molar-refractivity contribution in [2.24, 2.45) is 17.8 Å². The van der Waals surface area contributed by atoms with Gasteiger partial charge in [0.05, 0.1) is 18.9 Å². The molecule has 41 heavy (non-hydrogen) atoms. The number of aromatic hydroxyl groups is 2. The third kappa shape index (κ3) is 3.68. The molecule has 2 aromatic carbocycles. The second kappa shape index (κ2) is 9.49. The molecule has 1 saturated carbocycles. The van der Waals surface area contributed by atoms with E-state index in [1.807, 2.05) is 6.08 Å². The lowest BCUT2D eigenvalue weighted by Gasteiger charge is -2.51. The van der Waals surface area contributed by atoms with Crippen molar-refractivity contribution < 1.29 is 34.1 Å². The van der Waals surface area contributed by atoms with Crippen LogP contribution in [0, 0.1) is 17.8 Å². The molecule has 6 rings (SSSR count). The Hall–Kier alpha value is -3.56. The van der Waals surface area contributed by atoms with Gasteiger partial charge in [-0.3, -0.25) is 29.0 Å². The normalized spacial score (nSPS) is 32.5. The number of hydrogen-bond acceptors (Lipinski definition) is 7. The van der Waals surface area contributed by atoms with Gasteiger partial charge in [0, 0.05) is 25.1 Å². The summed E-state index contributed by atoms with van der Waals surface area (Å²) in [5.41, 5.74) is 1.63. The third-order valence-corrected chi connectivity index (χ3v) is 10.6. The second-order valence-corrected chi connectivity index (χ2v) is 12.4. The largest absolute Gasteiger partial charge is 0.508 e. The predicted octanol–water partition coefficient (Wildman–Crippen LogP) is 3.34. The van der Waals surface area contributed by atoms with E-state index in [1.54, 1.807) is 36.4 Å². The Labute approximate surface area is 246 Å². The van der Waals surface area contributed by atoms with E-state index in [2.05, 4.69) is 0 Å². The fraction of sp³-hybridized carbons (Fsp3) is 0.400. The Kier molecular flexibility index (Phi) is 6.39. The van der Waals surface area contributed by atoms with Crippen molar-refractivity contribution >= 4 is 46.8 Å². The maximum atomic E-state index is 13.9. The average Bonchev–Trinajstić information content (AvgIpc) is 3.27. The minimum absolute atomic E-state index is 0.121. The van der Waals surface area contributed by atoms with Crippen LogP contribution >= 0.6 is 23.2 Å². The van der Waals surface area contributed by atoms with Crippen LogP contribution in [0.15, 0.2) is 54.1 Å². The van der Waals surface area contributed by atoms with Crippen LogP contribution in [0.4, 0.5) is 0 Å². The number of benzene rings is 2. The molecule has 0 aromatic heterocycles. The monoisotopic (exact) mass is 598 g/mol. The van der Waals surface area contributed by atoms with E-state index >= 15 is 0 Å². The predicted molar refractivity (Wildman–Crippen MR) is 149 cm³/mol. The zero-order chi connectivity index (χ0) is 29.4. The van der Waals surface area contributed by atoms with Crippen LogP contribution in [0.3, 0.4) is 0 Å². The van der Waals surface area contributed by atoms with E-state index < -0.39 is 45.2 Å². The molecular formula is C30H28Cl2N2O7. The van der Waals surface area contributed by atoms with Crippen LogP contribution in [0.5, 0.6) is 17.2 Å². The minimum atomic E-state index is -2.01. The lowest BCUT2D eigenvalue weighted by molar-refractivity contribution is -0.141. The highest BCUT2D eigenvalue weighted by Crippen LogP contribution is 2.66. The molecule has 4 aliphatic rings. The smallest absolute Gasteiger partial charge is 0.253 e. The lowest BCUT2D eigenvalue weighted by atomic mass is 9.56. The van der Waals surface area contributed by atoms with Crippen molar-refractivity contribution in [2.75, 3.05) is 20.7 Å². The molecule has 2 aromatic rings. The van der Waals surface area contributed by atoms with E-state index in [0.29, 0.717) is 12.0 Å². The molecule has 6 atom stereocenters. The van der Waals surface area contributed by atoms with Gasteiger partial charge in [0.15, 0.2) is 9.75 Å². The van der Waals surface area contributed by atoms with Crippen LogP contribution < -0.4 is 4.74 Å². The molecule has 9 nitrogen and oxygen atoms in total. The molecule has 2 saturated heterocycles. The third-order valence-electron chi connectivity index (χ3n) is 9.22. The van der Waals surface area contributed by atoms with Crippen LogP contribution in [-0.4, -0.2) is 74.1 Å². The van der Waals surface area contributed by atoms with Gasteiger partial charge >= 0.3 is 0 Å². The van der Waals surface area contributed by atoms with Crippen molar-refractivity contribution in [3.05, 3.63) is 65.2 Å². The number of fused-ring (bicyclic) bond motifs is 4. The van der Waals surface area contributed by atoms with Crippen LogP contribution in [0.25, 0.3) is 0 Å². The summed E-state index contributed by atoms with van der Waals surface area (Å²) in [4.78, 5) is 52.9. The van der Waals surface area contributed by atoms with Crippen molar-refractivity contribution in [1.82, 2.24) is 9.80 Å². The highest BCUT2D eigenvalue weighted by Gasteiger charge is 2.76. The molecular weight excluding hydrogens is 571 g/mol. The zero-order valence-corrected chi connectivity index (χ0v) is 23.9. The molecule has 0 radical (unpaired) electrons. The Morgan fingerprint density at radius 3 is 2.37 bits per heavy atom. The number of imide groups is 2. The van der Waals surface area contributed by atoms with Crippen molar-refractivity contribution in [3.63, 3.8) is 0 Å². The first-order valence-electron chi connectivity index (χ1n) is 13.3. The molecule has 4 amide bonds. The van der Waals surface area contributed by atoms with Crippen molar-refractivity contribution in [2.45, 2.75) is 34.9 Å². The van der Waals surface area contributed by atoms with Gasteiger partial charge in [-0.1, -0.05) is 29.8 Å². The molecule has 2 heterocycles. The zero-order valence-electron chi connectivity index (χ0n) is 22.3. The molecule has 6 unspecified atom stereocenters. The highest BCUT2D eigenvalue weighted by molar-refractivity contribution is 6.53. The number of carbonyl (C=O) groups is 4. The quantitative estimate of drug-likeness (QED) is 0.307. The maximum Gasteiger partial charge on any atom is 0.253 e. The molecule has 0 bridgehead atoms. The molecule has 2 aliphatic heterocycles. The van der Waals surface area contributed by atoms with Gasteiger partial charge in [0.25, 0.3) is 11.8 Å². The summed E-state index contributed by atoms with van der Waals surface area (Å²) >= 11 is 14.3. The standard InChI is InChI=1S/C30H28Cl2N2O7/c1-33-27(39)29(31)14-19-17(24(30(29,32)28(33)40)23-20(36)4-3-5-21(23)41-2)10-11-18-22(19)26(38)34(25(18)37)13-12-15-6-8-16(35)9-7-15/h3-10,18-19,22,24,35-36H,11-14H2,1-2H3. The number of methoxy groups -OCH3 is 1. The number of halogens is 2. The van der Waals surface area contributed by atoms with E-state index in [0.717, 1.165) is 10.5 Å². The summed E-state index contributed by atoms with van der Waals surface area (Å²) in [7, 11) is 2.73. The summed E-state index contributed by atoms with van der Waals surface area (Å²) < 4.78 is 5.55. The number of phenols is 2. The van der Waals surface area contributed by atoms with Gasteiger partial charge < -0.3 is 14.9 Å². The van der Waals surface area contributed by atoms with E-state index in [4.69, 9.17) is 27.9 Å². The van der Waals surface area contributed by atoms with Crippen LogP contribution in [0.2, 0.25) is 0 Å². The summed E-state index contributed by atoms with van der Waals surface area (Å²) in [6.45, 7) is 0.153. The van der Waals surface area contributed by atoms with E-state index in [9.17, 15) is 29.4 Å². The fourth-order valence-corrected chi connectivity index (χ4v) is 8.25. The number of nitrogens with zero attached hydrogens (tertiary/aromatic N) is 2. The number of phenolic OH excluding ortho intramolecular Hbond substituents is 2. The number of alkyl halides is 2. The molecule has 11 heteroatoms. The minimum Gasteiger partial charge on any atom is -0.508 e. The average molecular weight is 599 g/mol. The summed E-state index contributed by atoms with van der Waals surface area (Å²) in [6, 6.07) is 11.2. The number of carbonyl (C=O) groups excluding carboxylic acids is 4. The number of hydrogen-bond donors (Lipinski definition) is 2. The van der Waals surface area contributed by atoms with Gasteiger partial charge in [0.2, 0.25) is 11.8 Å². The molecule has 3 fully saturated rings. The number of allylic oxidation sites excluding steroid dienone is 2. The Morgan fingerprint density at radius 1 is 0.976 bits per heavy atom. The maximum absolute atomic E-state index is 13.9. The number of ether oxygens (including phenoxy) is 1. The first-order valence-corrected chi connectivity index (χ1v) is 14.1. The summed E-state index contributed by atoms with van der Waals surface area (Å²) in [6.07, 6.45) is 2.32. The molecule has 2 N–H and O–H groups in total. The van der Waals surface area contributed by atoms with Gasteiger partial charge in [0.1, 0.15) is 17.2 Å². The van der Waals surface area contributed by atoms with E-state index in [1.165, 1.54) is 25.1 Å². The van der Waals surface area contributed by atoms with Gasteiger partial charge in [-0.2, -0.15) is 0 Å². The SMILES string of the molecule is COc1cccc(O)c1C1C2=CCC3C(=O)N(CCc4ccc(O)cc4)C(=O)C3C2CC2(Cl)C(=O)N(C)C(=O)C12Cl. The Balaban J connectivity index is 1.44. The number of rotatable bonds is 5. The Bertz CT molecular complexity index is 1530. The van der Waals surface area contributed by atoms with Crippen molar-refractivity contribution in [1.29, 1.82) is 0 Å². The Morgan fingerprint density at radius 2 is 1.68 bits per heavy atom. The van der Waals surface area contributed by atoms with Crippen molar-refractivity contribution in [3.8, 4) is 17.2 Å². The number of amides is 4. The first kappa shape index (κ1) is 27.6. The van der Waals surface area contributed by atoms with Crippen LogP contribution in [-0.2, 0) is 25.6 Å². The molecule has 2 aliphatic carbocycles. The number of likely N-dealkylation sites (tertiary alicyclic amines) is 2. The molecule has 0 spiro atoms. The molecule has 214 valence electrons. The first-order chi connectivity index (χ1) is 19.5. The van der Waals surface area contributed by atoms with Gasteiger partial charge in [-0.15, -0.1) is 23.2 Å². The summed E-state index contributed by atoms with van der Waals surface area (Å²) in [5, 5.41) is 20.6. The second-order valence-electron chi connectivity index (χ2n) is 11.1. The summed E-state index contributed by atoms with van der Waals surface area (Å²) in [5.74, 6) is -5.17. The van der Waals surface area contributed by atoms with Gasteiger partial charge in [-0.05, 0) is 55.0 Å². The van der Waals surface area contributed by atoms with Gasteiger partial charge in [-0.25, -0.2) is 0 Å². The lowest BCUT2D eigenvalue weighted by Crippen LogP contribution is -2.60. The van der Waals surface area contributed by atoms with E-state index in [-0.39, 0.29) is 54.0 Å². The fourth-order valence-electron chi connectivity index (χ4n) is 7.25. The highest BCUT2D eigenvalue weighted by atomic mass is 35.5.